The molecule has 18 heavy (non-hydrogen) atoms. The zero-order valence-electron chi connectivity index (χ0n) is 10.7. The molecule has 0 aromatic heterocycles. The zero-order valence-corrected chi connectivity index (χ0v) is 10.7. The summed E-state index contributed by atoms with van der Waals surface area (Å²) in [4.78, 5) is 0. The van der Waals surface area contributed by atoms with Gasteiger partial charge in [0.25, 0.3) is 5.92 Å². The number of alkyl halides is 5. The molecule has 2 unspecified atom stereocenters. The first-order valence-electron chi connectivity index (χ1n) is 6.01. The van der Waals surface area contributed by atoms with Gasteiger partial charge in [0.15, 0.2) is 0 Å². The van der Waals surface area contributed by atoms with E-state index < -0.39 is 36.5 Å². The lowest BCUT2D eigenvalue weighted by Crippen LogP contribution is -2.55. The Labute approximate surface area is 103 Å². The Bertz CT molecular complexity index is 310. The summed E-state index contributed by atoms with van der Waals surface area (Å²) in [6, 6.07) is 0. The van der Waals surface area contributed by atoms with Gasteiger partial charge in [-0.3, -0.25) is 0 Å². The Morgan fingerprint density at radius 1 is 1.17 bits per heavy atom. The molecule has 0 amide bonds. The Morgan fingerprint density at radius 3 is 2.00 bits per heavy atom. The van der Waals surface area contributed by atoms with Gasteiger partial charge in [-0.25, -0.2) is 8.78 Å². The van der Waals surface area contributed by atoms with Crippen LogP contribution in [-0.4, -0.2) is 22.8 Å². The molecule has 1 aliphatic carbocycles. The average Bonchev–Trinajstić information content (AvgIpc) is 2.35. The first-order chi connectivity index (χ1) is 7.85. The molecule has 1 N–H and O–H groups in total. The molecule has 1 aliphatic rings. The molecule has 0 aliphatic heterocycles. The van der Waals surface area contributed by atoms with Crippen LogP contribution in [0.15, 0.2) is 0 Å². The van der Waals surface area contributed by atoms with Crippen LogP contribution in [0.1, 0.15) is 46.5 Å². The van der Waals surface area contributed by atoms with E-state index in [-0.39, 0.29) is 11.8 Å². The van der Waals surface area contributed by atoms with Crippen molar-refractivity contribution in [2.75, 3.05) is 0 Å². The van der Waals surface area contributed by atoms with Crippen LogP contribution in [0.2, 0.25) is 0 Å². The largest absolute Gasteiger partial charge is 0.423 e. The standard InChI is InChI=1S/C12H19F5O/c1-4-9(2,3)5-8-6-10(18,12(15,16)17)11(13,14)7-8/h8,18H,4-7H2,1-3H3. The van der Waals surface area contributed by atoms with Crippen LogP contribution in [0.3, 0.4) is 0 Å². The molecule has 6 heteroatoms. The third kappa shape index (κ3) is 2.63. The molecule has 1 fully saturated rings. The predicted molar refractivity (Wildman–Crippen MR) is 57.4 cm³/mol. The van der Waals surface area contributed by atoms with Crippen LogP contribution in [-0.2, 0) is 0 Å². The number of rotatable bonds is 3. The zero-order chi connectivity index (χ0) is 14.4. The van der Waals surface area contributed by atoms with Gasteiger partial charge < -0.3 is 5.11 Å². The highest BCUT2D eigenvalue weighted by Gasteiger charge is 2.73. The minimum absolute atomic E-state index is 0.261. The highest BCUT2D eigenvalue weighted by molar-refractivity contribution is 5.07. The highest BCUT2D eigenvalue weighted by Crippen LogP contribution is 2.56. The van der Waals surface area contributed by atoms with Crippen LogP contribution in [0, 0.1) is 11.3 Å². The molecule has 1 saturated carbocycles. The van der Waals surface area contributed by atoms with E-state index in [1.54, 1.807) is 0 Å². The van der Waals surface area contributed by atoms with Crippen molar-refractivity contribution in [3.05, 3.63) is 0 Å². The van der Waals surface area contributed by atoms with Crippen molar-refractivity contribution in [1.82, 2.24) is 0 Å². The van der Waals surface area contributed by atoms with Crippen LogP contribution in [0.4, 0.5) is 22.0 Å². The van der Waals surface area contributed by atoms with Gasteiger partial charge in [-0.15, -0.1) is 0 Å². The predicted octanol–water partition coefficient (Wildman–Crippen LogP) is 4.15. The second-order valence-corrected chi connectivity index (χ2v) is 6.06. The number of hydrogen-bond donors (Lipinski definition) is 1. The number of halogens is 5. The maximum atomic E-state index is 13.4. The summed E-state index contributed by atoms with van der Waals surface area (Å²) in [6.07, 6.45) is -6.14. The lowest BCUT2D eigenvalue weighted by Gasteiger charge is -2.31. The van der Waals surface area contributed by atoms with Crippen LogP contribution < -0.4 is 0 Å². The van der Waals surface area contributed by atoms with Crippen molar-refractivity contribution in [2.45, 2.75) is 64.2 Å². The number of aliphatic hydroxyl groups is 1. The molecule has 2 atom stereocenters. The van der Waals surface area contributed by atoms with Gasteiger partial charge in [-0.05, 0) is 24.2 Å². The van der Waals surface area contributed by atoms with E-state index in [0.717, 1.165) is 0 Å². The first-order valence-corrected chi connectivity index (χ1v) is 6.01. The van der Waals surface area contributed by atoms with Gasteiger partial charge in [0.1, 0.15) is 0 Å². The molecule has 0 spiro atoms. The fraction of sp³-hybridized carbons (Fsp3) is 1.00. The lowest BCUT2D eigenvalue weighted by molar-refractivity contribution is -0.319. The summed E-state index contributed by atoms with van der Waals surface area (Å²) in [5.74, 6) is -4.90. The molecule has 108 valence electrons. The van der Waals surface area contributed by atoms with Gasteiger partial charge >= 0.3 is 6.18 Å². The van der Waals surface area contributed by atoms with E-state index in [0.29, 0.717) is 6.42 Å². The Kier molecular flexibility index (Phi) is 3.76. The van der Waals surface area contributed by atoms with Crippen molar-refractivity contribution in [3.8, 4) is 0 Å². The molecular formula is C12H19F5O. The number of hydrogen-bond acceptors (Lipinski definition) is 1. The smallest absolute Gasteiger partial charge is 0.376 e. The third-order valence-corrected chi connectivity index (χ3v) is 4.00. The maximum absolute atomic E-state index is 13.4. The van der Waals surface area contributed by atoms with E-state index in [1.807, 2.05) is 20.8 Å². The van der Waals surface area contributed by atoms with E-state index in [9.17, 15) is 27.1 Å². The summed E-state index contributed by atoms with van der Waals surface area (Å²) in [5.41, 5.74) is -4.16. The van der Waals surface area contributed by atoms with Gasteiger partial charge in [-0.2, -0.15) is 13.2 Å². The van der Waals surface area contributed by atoms with Crippen molar-refractivity contribution in [1.29, 1.82) is 0 Å². The second-order valence-electron chi connectivity index (χ2n) is 6.06. The summed E-state index contributed by atoms with van der Waals surface area (Å²) in [7, 11) is 0. The van der Waals surface area contributed by atoms with E-state index >= 15 is 0 Å². The molecule has 0 bridgehead atoms. The summed E-state index contributed by atoms with van der Waals surface area (Å²) < 4.78 is 64.7. The Morgan fingerprint density at radius 2 is 1.67 bits per heavy atom. The molecule has 0 saturated heterocycles. The van der Waals surface area contributed by atoms with E-state index in [4.69, 9.17) is 0 Å². The molecule has 0 heterocycles. The SMILES string of the molecule is CCC(C)(C)CC1CC(F)(F)C(O)(C(F)(F)F)C1. The monoisotopic (exact) mass is 274 g/mol. The summed E-state index contributed by atoms with van der Waals surface area (Å²) in [6.45, 7) is 5.52. The fourth-order valence-electron chi connectivity index (χ4n) is 2.56. The average molecular weight is 274 g/mol. The van der Waals surface area contributed by atoms with Gasteiger partial charge in [0.05, 0.1) is 0 Å². The van der Waals surface area contributed by atoms with Crippen molar-refractivity contribution < 1.29 is 27.1 Å². The van der Waals surface area contributed by atoms with Crippen LogP contribution >= 0.6 is 0 Å². The van der Waals surface area contributed by atoms with Crippen molar-refractivity contribution in [2.24, 2.45) is 11.3 Å². The maximum Gasteiger partial charge on any atom is 0.423 e. The van der Waals surface area contributed by atoms with Gasteiger partial charge in [0, 0.05) is 6.42 Å². The normalized spacial score (nSPS) is 32.8. The fourth-order valence-corrected chi connectivity index (χ4v) is 2.56. The van der Waals surface area contributed by atoms with Gasteiger partial charge in [0.2, 0.25) is 5.60 Å². The van der Waals surface area contributed by atoms with E-state index in [2.05, 4.69) is 0 Å². The molecular weight excluding hydrogens is 255 g/mol. The summed E-state index contributed by atoms with van der Waals surface area (Å²) >= 11 is 0. The molecule has 0 radical (unpaired) electrons. The molecule has 0 aromatic carbocycles. The second kappa shape index (κ2) is 4.32. The third-order valence-electron chi connectivity index (χ3n) is 4.00. The molecule has 0 aromatic rings. The Balaban J connectivity index is 2.89. The van der Waals surface area contributed by atoms with E-state index in [1.165, 1.54) is 0 Å². The summed E-state index contributed by atoms with van der Waals surface area (Å²) in [5, 5.41) is 9.32. The minimum atomic E-state index is -5.29. The van der Waals surface area contributed by atoms with Crippen LogP contribution in [0.25, 0.3) is 0 Å². The topological polar surface area (TPSA) is 20.2 Å². The quantitative estimate of drug-likeness (QED) is 0.766. The first kappa shape index (κ1) is 15.7. The molecule has 1 nitrogen and oxygen atoms in total. The highest BCUT2D eigenvalue weighted by atomic mass is 19.4. The van der Waals surface area contributed by atoms with Crippen LogP contribution in [0.5, 0.6) is 0 Å². The van der Waals surface area contributed by atoms with Gasteiger partial charge in [-0.1, -0.05) is 27.2 Å². The lowest BCUT2D eigenvalue weighted by atomic mass is 9.79. The van der Waals surface area contributed by atoms with Crippen molar-refractivity contribution >= 4 is 0 Å². The van der Waals surface area contributed by atoms with Crippen molar-refractivity contribution in [3.63, 3.8) is 0 Å². The Hall–Kier alpha value is -0.390. The molecule has 1 rings (SSSR count). The minimum Gasteiger partial charge on any atom is -0.376 e.